The Morgan fingerprint density at radius 3 is 2.46 bits per heavy atom. The van der Waals surface area contributed by atoms with E-state index in [1.165, 1.54) is 10.6 Å². The molecule has 1 saturated carbocycles. The molecule has 3 heterocycles. The third-order valence-corrected chi connectivity index (χ3v) is 7.18. The number of aromatic nitrogens is 3. The molecule has 0 unspecified atom stereocenters. The highest BCUT2D eigenvalue weighted by molar-refractivity contribution is 5.89. The molecule has 39 heavy (non-hydrogen) atoms. The summed E-state index contributed by atoms with van der Waals surface area (Å²) >= 11 is 0. The van der Waals surface area contributed by atoms with Gasteiger partial charge in [0.25, 0.3) is 5.56 Å². The number of piperazine rings is 1. The van der Waals surface area contributed by atoms with Crippen LogP contribution in [0.15, 0.2) is 35.1 Å². The number of hydrogen-bond acceptors (Lipinski definition) is 8. The number of halogens is 3. The molecule has 1 saturated heterocycles. The number of nitrogens with one attached hydrogen (secondary N) is 2. The van der Waals surface area contributed by atoms with Gasteiger partial charge in [0.15, 0.2) is 5.65 Å². The number of nitrogens with zero attached hydrogens (tertiary/aromatic N) is 4. The molecule has 3 aromatic rings. The number of ether oxygens (including phenoxy) is 1. The highest BCUT2D eigenvalue weighted by Gasteiger charge is 2.42. The molecule has 2 aromatic heterocycles. The normalized spacial score (nSPS) is 16.6. The molecule has 9 nitrogen and oxygen atoms in total. The second-order valence-corrected chi connectivity index (χ2v) is 9.91. The molecule has 2 fully saturated rings. The second-order valence-electron chi connectivity index (χ2n) is 9.91. The molecule has 1 aliphatic heterocycles. The van der Waals surface area contributed by atoms with E-state index in [0.717, 1.165) is 57.5 Å². The fourth-order valence-electron chi connectivity index (χ4n) is 5.34. The van der Waals surface area contributed by atoms with E-state index in [2.05, 4.69) is 25.5 Å². The Hall–Kier alpha value is -3.67. The fraction of sp³-hybridized carbons (Fsp3) is 0.481. The largest absolute Gasteiger partial charge is 0.491 e. The zero-order valence-electron chi connectivity index (χ0n) is 21.7. The molecule has 0 bridgehead atoms. The Labute approximate surface area is 223 Å². The zero-order chi connectivity index (χ0) is 27.6. The summed E-state index contributed by atoms with van der Waals surface area (Å²) in [5, 5.41) is 6.49. The minimum absolute atomic E-state index is 0.0674. The number of aryl methyl sites for hydroxylation is 1. The van der Waals surface area contributed by atoms with Crippen molar-refractivity contribution in [1.82, 2.24) is 19.9 Å². The van der Waals surface area contributed by atoms with Crippen LogP contribution in [0.4, 0.5) is 30.5 Å². The lowest BCUT2D eigenvalue weighted by Crippen LogP contribution is -2.43. The molecular weight excluding hydrogens is 513 g/mol. The van der Waals surface area contributed by atoms with Crippen LogP contribution in [0.1, 0.15) is 50.6 Å². The van der Waals surface area contributed by atoms with Crippen molar-refractivity contribution < 1.29 is 22.7 Å². The fourth-order valence-corrected chi connectivity index (χ4v) is 5.34. The third kappa shape index (κ3) is 5.85. The number of hydrogen-bond donors (Lipinski definition) is 2. The van der Waals surface area contributed by atoms with Gasteiger partial charge in [-0.3, -0.25) is 9.36 Å². The first-order chi connectivity index (χ1) is 18.7. The summed E-state index contributed by atoms with van der Waals surface area (Å²) in [7, 11) is 0. The summed E-state index contributed by atoms with van der Waals surface area (Å²) in [6.45, 7) is 5.44. The van der Waals surface area contributed by atoms with Gasteiger partial charge in [0.1, 0.15) is 0 Å². The summed E-state index contributed by atoms with van der Waals surface area (Å²) in [5.41, 5.74) is 1.97. The van der Waals surface area contributed by atoms with Gasteiger partial charge in [-0.1, -0.05) is 26.2 Å². The molecule has 0 spiro atoms. The minimum atomic E-state index is -5.21. The predicted molar refractivity (Wildman–Crippen MR) is 142 cm³/mol. The Morgan fingerprint density at radius 1 is 1.13 bits per heavy atom. The molecule has 2 N–H and O–H groups in total. The number of carbonyl (C=O) groups excluding carboxylic acids is 1. The Morgan fingerprint density at radius 2 is 1.82 bits per heavy atom. The van der Waals surface area contributed by atoms with Crippen molar-refractivity contribution in [2.24, 2.45) is 0 Å². The van der Waals surface area contributed by atoms with Gasteiger partial charge in [-0.15, -0.1) is 0 Å². The lowest BCUT2D eigenvalue weighted by Gasteiger charge is -2.29. The van der Waals surface area contributed by atoms with E-state index in [0.29, 0.717) is 24.1 Å². The van der Waals surface area contributed by atoms with Gasteiger partial charge < -0.3 is 20.3 Å². The smallest absolute Gasteiger partial charge is 0.400 e. The highest BCUT2D eigenvalue weighted by atomic mass is 19.4. The molecule has 2 aliphatic rings. The van der Waals surface area contributed by atoms with Gasteiger partial charge in [-0.25, -0.2) is 4.79 Å². The molecule has 12 heteroatoms. The quantitative estimate of drug-likeness (QED) is 0.420. The van der Waals surface area contributed by atoms with Crippen LogP contribution in [0.25, 0.3) is 11.0 Å². The van der Waals surface area contributed by atoms with Gasteiger partial charge >= 0.3 is 12.1 Å². The maximum absolute atomic E-state index is 13.3. The third-order valence-electron chi connectivity index (χ3n) is 7.18. The Balaban J connectivity index is 1.60. The van der Waals surface area contributed by atoms with Crippen molar-refractivity contribution in [2.45, 2.75) is 57.7 Å². The number of esters is 1. The molecule has 0 amide bonds. The van der Waals surface area contributed by atoms with Crippen molar-refractivity contribution in [3.63, 3.8) is 0 Å². The first kappa shape index (κ1) is 26.9. The maximum Gasteiger partial charge on any atom is 0.491 e. The van der Waals surface area contributed by atoms with Crippen LogP contribution in [0.2, 0.25) is 0 Å². The molecule has 0 atom stereocenters. The van der Waals surface area contributed by atoms with E-state index in [-0.39, 0.29) is 28.6 Å². The number of fused-ring (bicyclic) bond motifs is 1. The van der Waals surface area contributed by atoms with Crippen LogP contribution in [-0.2, 0) is 11.2 Å². The first-order valence-electron chi connectivity index (χ1n) is 13.3. The SMILES string of the molecule is CCCc1cc(=O)n(C2CCCC2)c2nc(Nc3ccc(N4CCNCC4)cc3)nc(OC(=O)C(F)(F)F)c12. The zero-order valence-corrected chi connectivity index (χ0v) is 21.7. The topological polar surface area (TPSA) is 101 Å². The number of alkyl halides is 3. The van der Waals surface area contributed by atoms with E-state index in [1.807, 2.05) is 31.2 Å². The van der Waals surface area contributed by atoms with E-state index in [1.54, 1.807) is 0 Å². The average molecular weight is 545 g/mol. The number of anilines is 3. The van der Waals surface area contributed by atoms with Crippen molar-refractivity contribution >= 4 is 34.3 Å². The summed E-state index contributed by atoms with van der Waals surface area (Å²) in [6.07, 6.45) is -0.844. The Bertz CT molecular complexity index is 1400. The molecule has 1 aliphatic carbocycles. The molecular formula is C27H31F3N6O3. The summed E-state index contributed by atoms with van der Waals surface area (Å²) < 4.78 is 46.0. The van der Waals surface area contributed by atoms with E-state index < -0.39 is 18.0 Å². The van der Waals surface area contributed by atoms with E-state index >= 15 is 0 Å². The van der Waals surface area contributed by atoms with Crippen molar-refractivity contribution in [3.05, 3.63) is 46.2 Å². The first-order valence-corrected chi connectivity index (χ1v) is 13.3. The average Bonchev–Trinajstić information content (AvgIpc) is 3.43. The molecule has 208 valence electrons. The van der Waals surface area contributed by atoms with Gasteiger partial charge in [0.05, 0.1) is 5.39 Å². The number of carbonyl (C=O) groups is 1. The lowest BCUT2D eigenvalue weighted by atomic mass is 10.1. The Kier molecular flexibility index (Phi) is 7.74. The van der Waals surface area contributed by atoms with E-state index in [9.17, 15) is 22.8 Å². The van der Waals surface area contributed by atoms with Gasteiger partial charge in [0.2, 0.25) is 11.8 Å². The van der Waals surface area contributed by atoms with Crippen LogP contribution in [-0.4, -0.2) is 52.9 Å². The standard InChI is InChI=1S/C27H31F3N6O3/c1-2-5-17-16-21(37)36(20-6-3-4-7-20)23-22(17)24(39-25(38)27(28,29)30)34-26(33-23)32-18-8-10-19(11-9-18)35-14-12-31-13-15-35/h8-11,16,20,31H,2-7,12-15H2,1H3,(H,32,33,34). The van der Waals surface area contributed by atoms with Crippen LogP contribution in [0.5, 0.6) is 5.88 Å². The van der Waals surface area contributed by atoms with Crippen LogP contribution in [0.3, 0.4) is 0 Å². The van der Waals surface area contributed by atoms with Gasteiger partial charge in [-0.05, 0) is 49.1 Å². The molecule has 5 rings (SSSR count). The van der Waals surface area contributed by atoms with E-state index in [4.69, 9.17) is 4.74 Å². The van der Waals surface area contributed by atoms with Gasteiger partial charge in [0, 0.05) is 49.7 Å². The highest BCUT2D eigenvalue weighted by Crippen LogP contribution is 2.35. The number of pyridine rings is 1. The summed E-state index contributed by atoms with van der Waals surface area (Å²) in [5.74, 6) is -2.96. The van der Waals surface area contributed by atoms with Crippen LogP contribution >= 0.6 is 0 Å². The number of benzene rings is 1. The van der Waals surface area contributed by atoms with Crippen LogP contribution in [0, 0.1) is 0 Å². The second kappa shape index (κ2) is 11.2. The van der Waals surface area contributed by atoms with Crippen molar-refractivity contribution in [3.8, 4) is 5.88 Å². The predicted octanol–water partition coefficient (Wildman–Crippen LogP) is 4.48. The summed E-state index contributed by atoms with van der Waals surface area (Å²) in [6, 6.07) is 8.77. The molecule has 1 aromatic carbocycles. The maximum atomic E-state index is 13.3. The van der Waals surface area contributed by atoms with Crippen molar-refractivity contribution in [2.75, 3.05) is 36.4 Å². The minimum Gasteiger partial charge on any atom is -0.400 e. The van der Waals surface area contributed by atoms with Gasteiger partial charge in [-0.2, -0.15) is 23.1 Å². The lowest BCUT2D eigenvalue weighted by molar-refractivity contribution is -0.189. The van der Waals surface area contributed by atoms with Crippen molar-refractivity contribution in [1.29, 1.82) is 0 Å². The summed E-state index contributed by atoms with van der Waals surface area (Å²) in [4.78, 5) is 36.2. The number of rotatable bonds is 7. The monoisotopic (exact) mass is 544 g/mol. The molecule has 0 radical (unpaired) electrons. The van der Waals surface area contributed by atoms with Crippen LogP contribution < -0.4 is 25.8 Å².